The van der Waals surface area contributed by atoms with E-state index in [1.165, 1.54) is 0 Å². The van der Waals surface area contributed by atoms with Gasteiger partial charge in [0.25, 0.3) is 0 Å². The minimum Gasteiger partial charge on any atom is -0.457 e. The summed E-state index contributed by atoms with van der Waals surface area (Å²) in [5.74, 6) is -0.0857. The van der Waals surface area contributed by atoms with E-state index in [0.29, 0.717) is 6.42 Å². The molecule has 0 aliphatic rings. The van der Waals surface area contributed by atoms with Gasteiger partial charge in [0.2, 0.25) is 0 Å². The van der Waals surface area contributed by atoms with E-state index in [2.05, 4.69) is 6.92 Å². The van der Waals surface area contributed by atoms with Gasteiger partial charge in [-0.15, -0.1) is 0 Å². The lowest BCUT2D eigenvalue weighted by atomic mass is 10.0. The Hall–Kier alpha value is -1.31. The first-order valence-corrected chi connectivity index (χ1v) is 6.52. The Labute approximate surface area is 104 Å². The molecule has 1 aromatic rings. The van der Waals surface area contributed by atoms with E-state index in [1.54, 1.807) is 0 Å². The molecule has 0 N–H and O–H groups in total. The van der Waals surface area contributed by atoms with Gasteiger partial charge in [0.15, 0.2) is 0 Å². The predicted molar refractivity (Wildman–Crippen MR) is 69.7 cm³/mol. The maximum atomic E-state index is 11.6. The third-order valence-corrected chi connectivity index (χ3v) is 2.72. The molecule has 0 fully saturated rings. The first-order chi connectivity index (χ1) is 8.27. The number of rotatable bonds is 7. The van der Waals surface area contributed by atoms with Crippen LogP contribution in [0.2, 0.25) is 0 Å². The highest BCUT2D eigenvalue weighted by molar-refractivity contribution is 5.69. The monoisotopic (exact) mass is 234 g/mol. The van der Waals surface area contributed by atoms with E-state index >= 15 is 0 Å². The minimum atomic E-state index is -0.0857. The van der Waals surface area contributed by atoms with Gasteiger partial charge in [-0.05, 0) is 24.8 Å². The van der Waals surface area contributed by atoms with Gasteiger partial charge in [0, 0.05) is 6.42 Å². The van der Waals surface area contributed by atoms with Crippen molar-refractivity contribution in [2.24, 2.45) is 0 Å². The second-order valence-electron chi connectivity index (χ2n) is 4.28. The molecule has 0 amide bonds. The molecule has 0 bridgehead atoms. The summed E-state index contributed by atoms with van der Waals surface area (Å²) >= 11 is 0. The van der Waals surface area contributed by atoms with E-state index < -0.39 is 0 Å². The summed E-state index contributed by atoms with van der Waals surface area (Å²) < 4.78 is 5.54. The minimum absolute atomic E-state index is 0.0739. The molecule has 2 heteroatoms. The lowest BCUT2D eigenvalue weighted by molar-refractivity contribution is -0.150. The molecule has 17 heavy (non-hydrogen) atoms. The summed E-state index contributed by atoms with van der Waals surface area (Å²) in [5, 5.41) is 0. The summed E-state index contributed by atoms with van der Waals surface area (Å²) in [6, 6.07) is 10.0. The van der Waals surface area contributed by atoms with Crippen LogP contribution in [0.25, 0.3) is 0 Å². The van der Waals surface area contributed by atoms with Gasteiger partial charge in [-0.3, -0.25) is 4.79 Å². The van der Waals surface area contributed by atoms with Crippen molar-refractivity contribution in [3.63, 3.8) is 0 Å². The highest BCUT2D eigenvalue weighted by atomic mass is 16.5. The number of ether oxygens (including phenoxy) is 1. The van der Waals surface area contributed by atoms with Crippen LogP contribution in [0.15, 0.2) is 30.3 Å². The molecule has 0 spiro atoms. The summed E-state index contributed by atoms with van der Waals surface area (Å²) in [6.07, 6.45) is 4.39. The molecule has 1 aromatic carbocycles. The predicted octanol–water partition coefficient (Wildman–Crippen LogP) is 4.26. The Balaban J connectivity index is 2.63. The standard InChI is InChI=1S/C15H22O2/c1-3-5-12-14(17-15(16)9-4-2)13-10-7-6-8-11-13/h6-8,10-11,14H,3-5,9,12H2,1-2H3. The van der Waals surface area contributed by atoms with Crippen LogP contribution in [0, 0.1) is 0 Å². The Morgan fingerprint density at radius 1 is 1.18 bits per heavy atom. The molecule has 0 saturated carbocycles. The molecular formula is C15H22O2. The molecule has 0 aliphatic carbocycles. The van der Waals surface area contributed by atoms with Crippen molar-refractivity contribution < 1.29 is 9.53 Å². The largest absolute Gasteiger partial charge is 0.457 e. The van der Waals surface area contributed by atoms with Crippen LogP contribution in [-0.2, 0) is 9.53 Å². The first kappa shape index (κ1) is 13.8. The number of carbonyl (C=O) groups is 1. The molecule has 0 heterocycles. The van der Waals surface area contributed by atoms with Gasteiger partial charge < -0.3 is 4.74 Å². The van der Waals surface area contributed by atoms with Gasteiger partial charge in [-0.1, -0.05) is 50.6 Å². The highest BCUT2D eigenvalue weighted by Crippen LogP contribution is 2.24. The second-order valence-corrected chi connectivity index (χ2v) is 4.28. The quantitative estimate of drug-likeness (QED) is 0.659. The van der Waals surface area contributed by atoms with Crippen molar-refractivity contribution in [2.75, 3.05) is 0 Å². The molecule has 0 radical (unpaired) electrons. The average molecular weight is 234 g/mol. The summed E-state index contributed by atoms with van der Waals surface area (Å²) in [4.78, 5) is 11.6. The highest BCUT2D eigenvalue weighted by Gasteiger charge is 2.15. The smallest absolute Gasteiger partial charge is 0.306 e. The van der Waals surface area contributed by atoms with Crippen molar-refractivity contribution in [1.82, 2.24) is 0 Å². The molecule has 0 saturated heterocycles. The molecule has 0 aromatic heterocycles. The Morgan fingerprint density at radius 2 is 1.88 bits per heavy atom. The van der Waals surface area contributed by atoms with Crippen molar-refractivity contribution in [3.05, 3.63) is 35.9 Å². The topological polar surface area (TPSA) is 26.3 Å². The summed E-state index contributed by atoms with van der Waals surface area (Å²) in [5.41, 5.74) is 1.10. The van der Waals surface area contributed by atoms with E-state index in [4.69, 9.17) is 4.74 Å². The molecule has 94 valence electrons. The van der Waals surface area contributed by atoms with Crippen LogP contribution in [0.4, 0.5) is 0 Å². The van der Waals surface area contributed by atoms with Crippen LogP contribution in [0.1, 0.15) is 57.6 Å². The molecular weight excluding hydrogens is 212 g/mol. The third-order valence-electron chi connectivity index (χ3n) is 2.72. The second kappa shape index (κ2) is 7.88. The molecule has 1 rings (SSSR count). The Bertz CT molecular complexity index is 319. The molecule has 0 aliphatic heterocycles. The zero-order chi connectivity index (χ0) is 12.5. The third kappa shape index (κ3) is 5.03. The van der Waals surface area contributed by atoms with Crippen LogP contribution in [-0.4, -0.2) is 5.97 Å². The summed E-state index contributed by atoms with van der Waals surface area (Å²) in [6.45, 7) is 4.14. The van der Waals surface area contributed by atoms with Crippen LogP contribution in [0.3, 0.4) is 0 Å². The normalized spacial score (nSPS) is 12.1. The van der Waals surface area contributed by atoms with Gasteiger partial charge in [0.05, 0.1) is 0 Å². The Kier molecular flexibility index (Phi) is 6.38. The zero-order valence-electron chi connectivity index (χ0n) is 10.8. The number of esters is 1. The van der Waals surface area contributed by atoms with Crippen molar-refractivity contribution >= 4 is 5.97 Å². The lowest BCUT2D eigenvalue weighted by Gasteiger charge is -2.18. The van der Waals surface area contributed by atoms with E-state index in [1.807, 2.05) is 37.3 Å². The van der Waals surface area contributed by atoms with Crippen molar-refractivity contribution in [1.29, 1.82) is 0 Å². The molecule has 2 nitrogen and oxygen atoms in total. The lowest BCUT2D eigenvalue weighted by Crippen LogP contribution is -2.11. The van der Waals surface area contributed by atoms with Gasteiger partial charge >= 0.3 is 5.97 Å². The number of unbranched alkanes of at least 4 members (excludes halogenated alkanes) is 1. The van der Waals surface area contributed by atoms with E-state index in [0.717, 1.165) is 31.2 Å². The summed E-state index contributed by atoms with van der Waals surface area (Å²) in [7, 11) is 0. The maximum Gasteiger partial charge on any atom is 0.306 e. The van der Waals surface area contributed by atoms with Crippen LogP contribution in [0.5, 0.6) is 0 Å². The van der Waals surface area contributed by atoms with Crippen molar-refractivity contribution in [3.8, 4) is 0 Å². The maximum absolute atomic E-state index is 11.6. The average Bonchev–Trinajstić information content (AvgIpc) is 2.36. The number of hydrogen-bond acceptors (Lipinski definition) is 2. The first-order valence-electron chi connectivity index (χ1n) is 6.52. The van der Waals surface area contributed by atoms with Crippen LogP contribution < -0.4 is 0 Å². The van der Waals surface area contributed by atoms with Gasteiger partial charge in [-0.2, -0.15) is 0 Å². The van der Waals surface area contributed by atoms with Crippen LogP contribution >= 0.6 is 0 Å². The SMILES string of the molecule is CCCCC(OC(=O)CCC)c1ccccc1. The van der Waals surface area contributed by atoms with Gasteiger partial charge in [0.1, 0.15) is 6.10 Å². The fourth-order valence-corrected chi connectivity index (χ4v) is 1.77. The number of benzene rings is 1. The molecule has 1 atom stereocenters. The fraction of sp³-hybridized carbons (Fsp3) is 0.533. The zero-order valence-corrected chi connectivity index (χ0v) is 10.8. The van der Waals surface area contributed by atoms with Crippen molar-refractivity contribution in [2.45, 2.75) is 52.1 Å². The van der Waals surface area contributed by atoms with E-state index in [9.17, 15) is 4.79 Å². The Morgan fingerprint density at radius 3 is 2.47 bits per heavy atom. The molecule has 1 unspecified atom stereocenters. The number of carbonyl (C=O) groups excluding carboxylic acids is 1. The van der Waals surface area contributed by atoms with Gasteiger partial charge in [-0.25, -0.2) is 0 Å². The fourth-order valence-electron chi connectivity index (χ4n) is 1.77. The number of hydrogen-bond donors (Lipinski definition) is 0. The van der Waals surface area contributed by atoms with E-state index in [-0.39, 0.29) is 12.1 Å².